The molecule has 34 heavy (non-hydrogen) atoms. The van der Waals surface area contributed by atoms with Gasteiger partial charge in [0.25, 0.3) is 11.8 Å². The zero-order chi connectivity index (χ0) is 25.0. The SMILES string of the molecule is Cc1cc(Cl)cc(C(=O)NNCC(=O)N(C)C)c1NC(=O)c1cc(Br)nn1-c1ncccc1Cl. The number of nitrogens with one attached hydrogen (secondary N) is 3. The van der Waals surface area contributed by atoms with Crippen molar-refractivity contribution in [1.29, 1.82) is 0 Å². The van der Waals surface area contributed by atoms with Gasteiger partial charge in [0.15, 0.2) is 5.82 Å². The van der Waals surface area contributed by atoms with Crippen molar-refractivity contribution >= 4 is 62.5 Å². The van der Waals surface area contributed by atoms with Crippen LogP contribution in [0.2, 0.25) is 10.0 Å². The number of rotatable bonds is 7. The molecular formula is C21H20BrCl2N7O3. The van der Waals surface area contributed by atoms with E-state index >= 15 is 0 Å². The van der Waals surface area contributed by atoms with Crippen LogP contribution in [0.4, 0.5) is 5.69 Å². The van der Waals surface area contributed by atoms with E-state index in [1.54, 1.807) is 39.2 Å². The van der Waals surface area contributed by atoms with Gasteiger partial charge >= 0.3 is 0 Å². The Balaban J connectivity index is 1.89. The zero-order valence-corrected chi connectivity index (χ0v) is 21.4. The van der Waals surface area contributed by atoms with Crippen molar-refractivity contribution in [2.45, 2.75) is 6.92 Å². The first-order chi connectivity index (χ1) is 16.1. The van der Waals surface area contributed by atoms with Crippen LogP contribution in [0.5, 0.6) is 0 Å². The van der Waals surface area contributed by atoms with E-state index in [1.807, 2.05) is 0 Å². The third-order valence-electron chi connectivity index (χ3n) is 4.58. The summed E-state index contributed by atoms with van der Waals surface area (Å²) in [5, 5.41) is 7.60. The Kier molecular flexibility index (Phi) is 8.26. The second-order valence-electron chi connectivity index (χ2n) is 7.27. The third kappa shape index (κ3) is 5.92. The van der Waals surface area contributed by atoms with Gasteiger partial charge in [-0.2, -0.15) is 5.10 Å². The average Bonchev–Trinajstić information content (AvgIpc) is 3.16. The first kappa shape index (κ1) is 25.6. The van der Waals surface area contributed by atoms with Gasteiger partial charge < -0.3 is 10.2 Å². The summed E-state index contributed by atoms with van der Waals surface area (Å²) >= 11 is 15.7. The molecule has 0 saturated heterocycles. The van der Waals surface area contributed by atoms with E-state index in [1.165, 1.54) is 27.9 Å². The van der Waals surface area contributed by atoms with Crippen molar-refractivity contribution in [2.24, 2.45) is 0 Å². The molecule has 10 nitrogen and oxygen atoms in total. The summed E-state index contributed by atoms with van der Waals surface area (Å²) in [5.74, 6) is -1.12. The molecule has 3 amide bonds. The molecule has 0 aliphatic carbocycles. The number of anilines is 1. The molecule has 178 valence electrons. The number of nitrogens with zero attached hydrogens (tertiary/aromatic N) is 4. The summed E-state index contributed by atoms with van der Waals surface area (Å²) in [6.45, 7) is 1.59. The number of carbonyl (C=O) groups excluding carboxylic acids is 3. The number of hydrogen-bond acceptors (Lipinski definition) is 6. The molecule has 0 aliphatic heterocycles. The number of halogens is 3. The topological polar surface area (TPSA) is 121 Å². The molecule has 3 rings (SSSR count). The van der Waals surface area contributed by atoms with Gasteiger partial charge in [-0.15, -0.1) is 0 Å². The van der Waals surface area contributed by atoms with Crippen LogP contribution in [0.1, 0.15) is 26.4 Å². The number of likely N-dealkylation sites (N-methyl/N-ethyl adjacent to an activating group) is 1. The number of aromatic nitrogens is 3. The quantitative estimate of drug-likeness (QED) is 0.376. The minimum atomic E-state index is -0.588. The van der Waals surface area contributed by atoms with Crippen LogP contribution in [0.15, 0.2) is 41.1 Å². The largest absolute Gasteiger partial charge is 0.348 e. The Morgan fingerprint density at radius 1 is 1.15 bits per heavy atom. The van der Waals surface area contributed by atoms with Gasteiger partial charge in [0.1, 0.15) is 10.3 Å². The Morgan fingerprint density at radius 3 is 2.56 bits per heavy atom. The van der Waals surface area contributed by atoms with Gasteiger partial charge in [0, 0.05) is 31.4 Å². The number of hydrazine groups is 1. The molecule has 13 heteroatoms. The lowest BCUT2D eigenvalue weighted by atomic mass is 10.1. The molecule has 3 aromatic rings. The van der Waals surface area contributed by atoms with Gasteiger partial charge in [-0.25, -0.2) is 15.1 Å². The summed E-state index contributed by atoms with van der Waals surface area (Å²) < 4.78 is 1.68. The lowest BCUT2D eigenvalue weighted by Crippen LogP contribution is -2.43. The fourth-order valence-electron chi connectivity index (χ4n) is 2.90. The van der Waals surface area contributed by atoms with Crippen LogP contribution >= 0.6 is 39.1 Å². The summed E-state index contributed by atoms with van der Waals surface area (Å²) in [6, 6.07) is 7.81. The molecule has 2 heterocycles. The molecule has 3 N–H and O–H groups in total. The van der Waals surface area contributed by atoms with E-state index in [0.717, 1.165) is 0 Å². The Labute approximate surface area is 213 Å². The van der Waals surface area contributed by atoms with E-state index in [9.17, 15) is 14.4 Å². The normalized spacial score (nSPS) is 10.6. The first-order valence-corrected chi connectivity index (χ1v) is 11.3. The van der Waals surface area contributed by atoms with Crippen LogP contribution < -0.4 is 16.2 Å². The van der Waals surface area contributed by atoms with Gasteiger partial charge in [-0.05, 0) is 52.7 Å². The van der Waals surface area contributed by atoms with Crippen LogP contribution in [-0.4, -0.2) is 58.0 Å². The highest BCUT2D eigenvalue weighted by molar-refractivity contribution is 9.10. The van der Waals surface area contributed by atoms with E-state index in [4.69, 9.17) is 23.2 Å². The maximum Gasteiger partial charge on any atom is 0.274 e. The third-order valence-corrected chi connectivity index (χ3v) is 5.48. The van der Waals surface area contributed by atoms with E-state index in [-0.39, 0.29) is 35.2 Å². The van der Waals surface area contributed by atoms with Crippen molar-refractivity contribution in [3.63, 3.8) is 0 Å². The summed E-state index contributed by atoms with van der Waals surface area (Å²) in [4.78, 5) is 43.3. The van der Waals surface area contributed by atoms with Gasteiger partial charge in [0.2, 0.25) is 5.91 Å². The molecular weight excluding hydrogens is 549 g/mol. The highest BCUT2D eigenvalue weighted by Gasteiger charge is 2.22. The van der Waals surface area contributed by atoms with Crippen LogP contribution in [0.3, 0.4) is 0 Å². The number of hydrogen-bond donors (Lipinski definition) is 3. The molecule has 0 bridgehead atoms. The predicted molar refractivity (Wildman–Crippen MR) is 132 cm³/mol. The number of benzene rings is 1. The van der Waals surface area contributed by atoms with Gasteiger partial charge in [-0.3, -0.25) is 19.8 Å². The fourth-order valence-corrected chi connectivity index (χ4v) is 3.75. The molecule has 0 aliphatic rings. The fraction of sp³-hybridized carbons (Fsp3) is 0.190. The highest BCUT2D eigenvalue weighted by Crippen LogP contribution is 2.27. The summed E-state index contributed by atoms with van der Waals surface area (Å²) in [6.07, 6.45) is 1.53. The van der Waals surface area contributed by atoms with Crippen molar-refractivity contribution in [3.05, 3.63) is 68.0 Å². The number of amides is 3. The molecule has 0 radical (unpaired) electrons. The van der Waals surface area contributed by atoms with Crippen molar-refractivity contribution in [3.8, 4) is 5.82 Å². The van der Waals surface area contributed by atoms with Crippen molar-refractivity contribution in [1.82, 2.24) is 30.5 Å². The Bertz CT molecular complexity index is 1260. The van der Waals surface area contributed by atoms with Crippen molar-refractivity contribution < 1.29 is 14.4 Å². The predicted octanol–water partition coefficient (Wildman–Crippen LogP) is 3.22. The molecule has 0 saturated carbocycles. The zero-order valence-electron chi connectivity index (χ0n) is 18.3. The summed E-state index contributed by atoms with van der Waals surface area (Å²) in [7, 11) is 3.20. The van der Waals surface area contributed by atoms with Gasteiger partial charge in [0.05, 0.1) is 22.8 Å². The summed E-state index contributed by atoms with van der Waals surface area (Å²) in [5.41, 5.74) is 6.03. The van der Waals surface area contributed by atoms with E-state index < -0.39 is 11.8 Å². The second-order valence-corrected chi connectivity index (χ2v) is 8.92. The molecule has 2 aromatic heterocycles. The van der Waals surface area contributed by atoms with Gasteiger partial charge in [-0.1, -0.05) is 23.2 Å². The minimum Gasteiger partial charge on any atom is -0.348 e. The molecule has 0 unspecified atom stereocenters. The molecule has 0 atom stereocenters. The average molecular weight is 569 g/mol. The standard InChI is InChI=1S/C21H20BrCl2N7O3/c1-11-7-12(23)8-13(20(33)28-26-10-17(32)30(2)3)18(11)27-21(34)15-9-16(22)29-31(15)19-14(24)5-4-6-25-19/h4-9,26H,10H2,1-3H3,(H,27,34)(H,28,33). The van der Waals surface area contributed by atoms with Crippen LogP contribution in [0.25, 0.3) is 5.82 Å². The van der Waals surface area contributed by atoms with Crippen LogP contribution in [-0.2, 0) is 4.79 Å². The van der Waals surface area contributed by atoms with Crippen LogP contribution in [0, 0.1) is 6.92 Å². The maximum absolute atomic E-state index is 13.2. The monoisotopic (exact) mass is 567 g/mol. The number of carbonyl (C=O) groups is 3. The number of pyridine rings is 1. The maximum atomic E-state index is 13.2. The second kappa shape index (κ2) is 11.0. The Morgan fingerprint density at radius 2 is 1.88 bits per heavy atom. The smallest absolute Gasteiger partial charge is 0.274 e. The lowest BCUT2D eigenvalue weighted by molar-refractivity contribution is -0.127. The van der Waals surface area contributed by atoms with E-state index in [0.29, 0.717) is 20.2 Å². The number of aryl methyl sites for hydroxylation is 1. The van der Waals surface area contributed by atoms with Crippen molar-refractivity contribution in [2.75, 3.05) is 26.0 Å². The highest BCUT2D eigenvalue weighted by atomic mass is 79.9. The molecule has 1 aromatic carbocycles. The molecule has 0 spiro atoms. The lowest BCUT2D eigenvalue weighted by Gasteiger charge is -2.16. The van der Waals surface area contributed by atoms with E-state index in [2.05, 4.69) is 42.2 Å². The molecule has 0 fully saturated rings. The minimum absolute atomic E-state index is 0.101. The first-order valence-electron chi connectivity index (χ1n) is 9.79. The Hall–Kier alpha value is -2.99.